The van der Waals surface area contributed by atoms with Gasteiger partial charge in [0.05, 0.1) is 11.9 Å². The van der Waals surface area contributed by atoms with Crippen molar-refractivity contribution in [2.45, 2.75) is 31.8 Å². The zero-order chi connectivity index (χ0) is 15.8. The molecule has 5 nitrogen and oxygen atoms in total. The number of amides is 1. The van der Waals surface area contributed by atoms with E-state index in [0.717, 1.165) is 41.6 Å². The summed E-state index contributed by atoms with van der Waals surface area (Å²) in [7, 11) is -3.82. The van der Waals surface area contributed by atoms with Gasteiger partial charge in [0.1, 0.15) is 6.04 Å². The highest BCUT2D eigenvalue weighted by atomic mass is 32.2. The maximum atomic E-state index is 13.3. The standard InChI is InChI=1S/C13H16F2N2O3S/c1-8(13(18)16-9-3-4-9)17(21(2,19)20)10-5-6-11(14)12(15)7-10/h5-9H,3-4H2,1-2H3,(H,16,18)/t8-/m0/s1. The van der Waals surface area contributed by atoms with Crippen LogP contribution in [-0.2, 0) is 14.8 Å². The molecule has 1 aromatic rings. The molecular formula is C13H16F2N2O3S. The van der Waals surface area contributed by atoms with Gasteiger partial charge < -0.3 is 5.32 Å². The number of nitrogens with one attached hydrogen (secondary N) is 1. The van der Waals surface area contributed by atoms with Gasteiger partial charge in [-0.05, 0) is 31.9 Å². The zero-order valence-corrected chi connectivity index (χ0v) is 12.5. The fourth-order valence-electron chi connectivity index (χ4n) is 1.98. The van der Waals surface area contributed by atoms with Crippen LogP contribution < -0.4 is 9.62 Å². The highest BCUT2D eigenvalue weighted by Gasteiger charge is 2.32. The first kappa shape index (κ1) is 15.7. The molecule has 0 unspecified atom stereocenters. The van der Waals surface area contributed by atoms with E-state index in [2.05, 4.69) is 5.32 Å². The maximum Gasteiger partial charge on any atom is 0.243 e. The van der Waals surface area contributed by atoms with E-state index in [9.17, 15) is 22.0 Å². The van der Waals surface area contributed by atoms with Crippen LogP contribution in [0.4, 0.5) is 14.5 Å². The monoisotopic (exact) mass is 318 g/mol. The fourth-order valence-corrected chi connectivity index (χ4v) is 3.15. The molecule has 0 radical (unpaired) electrons. The number of hydrogen-bond donors (Lipinski definition) is 1. The predicted molar refractivity (Wildman–Crippen MR) is 74.3 cm³/mol. The Morgan fingerprint density at radius 2 is 1.95 bits per heavy atom. The number of halogens is 2. The number of hydrogen-bond acceptors (Lipinski definition) is 3. The van der Waals surface area contributed by atoms with Crippen molar-refractivity contribution in [2.24, 2.45) is 0 Å². The molecule has 8 heteroatoms. The number of nitrogens with zero attached hydrogens (tertiary/aromatic N) is 1. The molecule has 2 rings (SSSR count). The third kappa shape index (κ3) is 3.69. The second kappa shape index (κ2) is 5.59. The summed E-state index contributed by atoms with van der Waals surface area (Å²) in [5.74, 6) is -2.72. The quantitative estimate of drug-likeness (QED) is 0.892. The Morgan fingerprint density at radius 3 is 2.43 bits per heavy atom. The fraction of sp³-hybridized carbons (Fsp3) is 0.462. The van der Waals surface area contributed by atoms with E-state index in [4.69, 9.17) is 0 Å². The second-order valence-electron chi connectivity index (χ2n) is 5.12. The largest absolute Gasteiger partial charge is 0.352 e. The van der Waals surface area contributed by atoms with Crippen LogP contribution in [0.25, 0.3) is 0 Å². The Balaban J connectivity index is 2.33. The van der Waals surface area contributed by atoms with Gasteiger partial charge in [-0.1, -0.05) is 0 Å². The molecule has 1 amide bonds. The SMILES string of the molecule is C[C@@H](C(=O)NC1CC1)N(c1ccc(F)c(F)c1)S(C)(=O)=O. The summed E-state index contributed by atoms with van der Waals surface area (Å²) in [5, 5.41) is 2.69. The van der Waals surface area contributed by atoms with Crippen LogP contribution in [0.15, 0.2) is 18.2 Å². The number of benzene rings is 1. The molecule has 1 N–H and O–H groups in total. The molecule has 0 heterocycles. The summed E-state index contributed by atoms with van der Waals surface area (Å²) >= 11 is 0. The van der Waals surface area contributed by atoms with Gasteiger partial charge >= 0.3 is 0 Å². The first-order valence-electron chi connectivity index (χ1n) is 6.45. The Hall–Kier alpha value is -1.70. The Labute approximate surface area is 122 Å². The van der Waals surface area contributed by atoms with Gasteiger partial charge in [0.15, 0.2) is 11.6 Å². The first-order chi connectivity index (χ1) is 9.70. The van der Waals surface area contributed by atoms with E-state index >= 15 is 0 Å². The molecule has 21 heavy (non-hydrogen) atoms. The van der Waals surface area contributed by atoms with Crippen molar-refractivity contribution >= 4 is 21.6 Å². The van der Waals surface area contributed by atoms with E-state index in [1.807, 2.05) is 0 Å². The number of rotatable bonds is 5. The van der Waals surface area contributed by atoms with Crippen LogP contribution >= 0.6 is 0 Å². The summed E-state index contributed by atoms with van der Waals surface area (Å²) in [6.45, 7) is 1.40. The third-order valence-electron chi connectivity index (χ3n) is 3.17. The molecule has 116 valence electrons. The van der Waals surface area contributed by atoms with Crippen LogP contribution in [0.5, 0.6) is 0 Å². The van der Waals surface area contributed by atoms with Gasteiger partial charge in [0.2, 0.25) is 15.9 Å². The maximum absolute atomic E-state index is 13.3. The summed E-state index contributed by atoms with van der Waals surface area (Å²) in [5.41, 5.74) is -0.0881. The van der Waals surface area contributed by atoms with Crippen molar-refractivity contribution < 1.29 is 22.0 Å². The number of carbonyl (C=O) groups excluding carboxylic acids is 1. The Kier molecular flexibility index (Phi) is 4.18. The van der Waals surface area contributed by atoms with Gasteiger partial charge in [-0.25, -0.2) is 17.2 Å². The van der Waals surface area contributed by atoms with Crippen LogP contribution in [0.1, 0.15) is 19.8 Å². The topological polar surface area (TPSA) is 66.5 Å². The minimum Gasteiger partial charge on any atom is -0.352 e. The molecule has 1 aromatic carbocycles. The average Bonchev–Trinajstić information content (AvgIpc) is 3.16. The van der Waals surface area contributed by atoms with Crippen molar-refractivity contribution in [1.82, 2.24) is 5.32 Å². The lowest BCUT2D eigenvalue weighted by Crippen LogP contribution is -2.48. The van der Waals surface area contributed by atoms with Gasteiger partial charge in [-0.3, -0.25) is 9.10 Å². The summed E-state index contributed by atoms with van der Waals surface area (Å²) in [4.78, 5) is 12.0. The van der Waals surface area contributed by atoms with E-state index in [-0.39, 0.29) is 11.7 Å². The van der Waals surface area contributed by atoms with Gasteiger partial charge in [-0.2, -0.15) is 0 Å². The average molecular weight is 318 g/mol. The first-order valence-corrected chi connectivity index (χ1v) is 8.30. The summed E-state index contributed by atoms with van der Waals surface area (Å²) in [6.07, 6.45) is 2.64. The van der Waals surface area contributed by atoms with Crippen LogP contribution in [-0.4, -0.2) is 32.7 Å². The van der Waals surface area contributed by atoms with E-state index in [1.165, 1.54) is 6.92 Å². The van der Waals surface area contributed by atoms with Crippen molar-refractivity contribution in [2.75, 3.05) is 10.6 Å². The van der Waals surface area contributed by atoms with Gasteiger partial charge in [0, 0.05) is 12.1 Å². The lowest BCUT2D eigenvalue weighted by molar-refractivity contribution is -0.121. The number of carbonyl (C=O) groups is 1. The Morgan fingerprint density at radius 1 is 1.33 bits per heavy atom. The second-order valence-corrected chi connectivity index (χ2v) is 6.98. The number of anilines is 1. The lowest BCUT2D eigenvalue weighted by atomic mass is 10.2. The van der Waals surface area contributed by atoms with Crippen LogP contribution in [0, 0.1) is 11.6 Å². The van der Waals surface area contributed by atoms with Crippen molar-refractivity contribution in [1.29, 1.82) is 0 Å². The molecule has 0 aliphatic heterocycles. The van der Waals surface area contributed by atoms with Crippen LogP contribution in [0.3, 0.4) is 0 Å². The van der Waals surface area contributed by atoms with Crippen molar-refractivity contribution in [3.63, 3.8) is 0 Å². The van der Waals surface area contributed by atoms with E-state index in [0.29, 0.717) is 0 Å². The van der Waals surface area contributed by atoms with Gasteiger partial charge in [0.25, 0.3) is 0 Å². The van der Waals surface area contributed by atoms with E-state index < -0.39 is 33.6 Å². The minimum absolute atomic E-state index is 0.0753. The molecular weight excluding hydrogens is 302 g/mol. The summed E-state index contributed by atoms with van der Waals surface area (Å²) in [6, 6.07) is 1.74. The van der Waals surface area contributed by atoms with Crippen LogP contribution in [0.2, 0.25) is 0 Å². The molecule has 0 spiro atoms. The zero-order valence-electron chi connectivity index (χ0n) is 11.6. The van der Waals surface area contributed by atoms with E-state index in [1.54, 1.807) is 0 Å². The summed E-state index contributed by atoms with van der Waals surface area (Å²) < 4.78 is 50.9. The molecule has 0 aromatic heterocycles. The normalized spacial score (nSPS) is 16.4. The molecule has 1 saturated carbocycles. The molecule has 1 aliphatic carbocycles. The third-order valence-corrected chi connectivity index (χ3v) is 4.41. The van der Waals surface area contributed by atoms with Crippen molar-refractivity contribution in [3.05, 3.63) is 29.8 Å². The molecule has 1 atom stereocenters. The van der Waals surface area contributed by atoms with Gasteiger partial charge in [-0.15, -0.1) is 0 Å². The van der Waals surface area contributed by atoms with Crippen molar-refractivity contribution in [3.8, 4) is 0 Å². The predicted octanol–water partition coefficient (Wildman–Crippen LogP) is 1.40. The molecule has 0 saturated heterocycles. The Bertz CT molecular complexity index is 659. The lowest BCUT2D eigenvalue weighted by Gasteiger charge is -2.28. The minimum atomic E-state index is -3.82. The molecule has 0 bridgehead atoms. The highest BCUT2D eigenvalue weighted by Crippen LogP contribution is 2.24. The molecule has 1 fully saturated rings. The highest BCUT2D eigenvalue weighted by molar-refractivity contribution is 7.92. The molecule has 1 aliphatic rings. The number of sulfonamides is 1. The smallest absolute Gasteiger partial charge is 0.243 e.